The summed E-state index contributed by atoms with van der Waals surface area (Å²) in [6.45, 7) is 5.18. The normalized spacial score (nSPS) is 16.1. The van der Waals surface area contributed by atoms with Crippen LogP contribution in [0.15, 0.2) is 48.5 Å². The van der Waals surface area contributed by atoms with Crippen LogP contribution in [0.2, 0.25) is 0 Å². The van der Waals surface area contributed by atoms with E-state index in [1.54, 1.807) is 56.3 Å². The molecule has 1 fully saturated rings. The zero-order valence-corrected chi connectivity index (χ0v) is 19.9. The average Bonchev–Trinajstić information content (AvgIpc) is 2.84. The van der Waals surface area contributed by atoms with Gasteiger partial charge in [-0.15, -0.1) is 0 Å². The second-order valence-corrected chi connectivity index (χ2v) is 9.99. The zero-order valence-electron chi connectivity index (χ0n) is 19.1. The molecule has 33 heavy (non-hydrogen) atoms. The lowest BCUT2D eigenvalue weighted by Gasteiger charge is -2.36. The zero-order chi connectivity index (χ0) is 24.0. The SMILES string of the molecule is CCS(=O)(=O)N1CCN(C(C)C(=O)Nc2ccc(C(=O)Nc3ccccc3OC)cc2)CC1. The van der Waals surface area contributed by atoms with Crippen molar-refractivity contribution in [2.75, 3.05) is 49.7 Å². The van der Waals surface area contributed by atoms with Crippen molar-refractivity contribution in [3.8, 4) is 5.75 Å². The van der Waals surface area contributed by atoms with Gasteiger partial charge in [-0.2, -0.15) is 4.31 Å². The number of rotatable bonds is 8. The van der Waals surface area contributed by atoms with Gasteiger partial charge >= 0.3 is 0 Å². The molecular weight excluding hydrogens is 444 g/mol. The van der Waals surface area contributed by atoms with Gasteiger partial charge in [-0.25, -0.2) is 8.42 Å². The van der Waals surface area contributed by atoms with E-state index in [0.29, 0.717) is 48.9 Å². The largest absolute Gasteiger partial charge is 0.495 e. The number of amides is 2. The predicted molar refractivity (Wildman–Crippen MR) is 128 cm³/mol. The molecule has 0 spiro atoms. The summed E-state index contributed by atoms with van der Waals surface area (Å²) in [6.07, 6.45) is 0. The van der Waals surface area contributed by atoms with Crippen LogP contribution in [0.25, 0.3) is 0 Å². The van der Waals surface area contributed by atoms with E-state index >= 15 is 0 Å². The molecule has 1 atom stereocenters. The van der Waals surface area contributed by atoms with Gasteiger partial charge in [-0.1, -0.05) is 12.1 Å². The molecule has 3 rings (SSSR count). The number of anilines is 2. The average molecular weight is 475 g/mol. The maximum Gasteiger partial charge on any atom is 0.255 e. The van der Waals surface area contributed by atoms with Crippen molar-refractivity contribution in [2.24, 2.45) is 0 Å². The van der Waals surface area contributed by atoms with E-state index in [1.807, 2.05) is 11.0 Å². The number of ether oxygens (including phenoxy) is 1. The van der Waals surface area contributed by atoms with Gasteiger partial charge in [0.2, 0.25) is 15.9 Å². The maximum absolute atomic E-state index is 12.7. The Kier molecular flexibility index (Phi) is 8.06. The lowest BCUT2D eigenvalue weighted by molar-refractivity contribution is -0.121. The van der Waals surface area contributed by atoms with Crippen molar-refractivity contribution in [3.63, 3.8) is 0 Å². The first-order chi connectivity index (χ1) is 15.7. The highest BCUT2D eigenvalue weighted by Gasteiger charge is 2.30. The van der Waals surface area contributed by atoms with Gasteiger partial charge in [0.15, 0.2) is 0 Å². The van der Waals surface area contributed by atoms with E-state index in [0.717, 1.165) is 0 Å². The van der Waals surface area contributed by atoms with Gasteiger partial charge in [0.1, 0.15) is 5.75 Å². The highest BCUT2D eigenvalue weighted by Crippen LogP contribution is 2.24. The van der Waals surface area contributed by atoms with Gasteiger partial charge in [-0.05, 0) is 50.2 Å². The third-order valence-corrected chi connectivity index (χ3v) is 7.61. The molecule has 1 aliphatic heterocycles. The Morgan fingerprint density at radius 2 is 1.64 bits per heavy atom. The number of nitrogens with zero attached hydrogens (tertiary/aromatic N) is 2. The second kappa shape index (κ2) is 10.8. The summed E-state index contributed by atoms with van der Waals surface area (Å²) in [6, 6.07) is 13.4. The second-order valence-electron chi connectivity index (χ2n) is 7.73. The molecule has 2 amide bonds. The van der Waals surface area contributed by atoms with Crippen molar-refractivity contribution >= 4 is 33.2 Å². The number of piperazine rings is 1. The van der Waals surface area contributed by atoms with E-state index in [9.17, 15) is 18.0 Å². The number of sulfonamides is 1. The molecule has 10 heteroatoms. The number of benzene rings is 2. The number of carbonyl (C=O) groups is 2. The molecule has 0 aromatic heterocycles. The fourth-order valence-corrected chi connectivity index (χ4v) is 4.70. The molecule has 0 bridgehead atoms. The summed E-state index contributed by atoms with van der Waals surface area (Å²) in [4.78, 5) is 27.2. The Morgan fingerprint density at radius 3 is 2.24 bits per heavy atom. The van der Waals surface area contributed by atoms with E-state index in [2.05, 4.69) is 10.6 Å². The van der Waals surface area contributed by atoms with Crippen molar-refractivity contribution in [2.45, 2.75) is 19.9 Å². The minimum absolute atomic E-state index is 0.0793. The Hall–Kier alpha value is -2.95. The summed E-state index contributed by atoms with van der Waals surface area (Å²) in [5.74, 6) is 0.172. The van der Waals surface area contributed by atoms with Crippen LogP contribution in [0, 0.1) is 0 Å². The quantitative estimate of drug-likeness (QED) is 0.608. The molecule has 178 valence electrons. The summed E-state index contributed by atoms with van der Waals surface area (Å²) in [7, 11) is -1.67. The van der Waals surface area contributed by atoms with E-state index in [4.69, 9.17) is 4.74 Å². The van der Waals surface area contributed by atoms with Crippen LogP contribution in [0.3, 0.4) is 0 Å². The molecule has 0 saturated carbocycles. The summed E-state index contributed by atoms with van der Waals surface area (Å²) >= 11 is 0. The topological polar surface area (TPSA) is 108 Å². The number of para-hydroxylation sites is 2. The molecule has 0 aliphatic carbocycles. The standard InChI is InChI=1S/C23H30N4O5S/c1-4-33(30,31)27-15-13-26(14-16-27)17(2)22(28)24-19-11-9-18(10-12-19)23(29)25-20-7-5-6-8-21(20)32-3/h5-12,17H,4,13-16H2,1-3H3,(H,24,28)(H,25,29). The third kappa shape index (κ3) is 6.10. The van der Waals surface area contributed by atoms with Crippen LogP contribution in [0.1, 0.15) is 24.2 Å². The first-order valence-corrected chi connectivity index (χ1v) is 12.4. The molecule has 1 unspecified atom stereocenters. The Balaban J connectivity index is 1.55. The number of carbonyl (C=O) groups excluding carboxylic acids is 2. The monoisotopic (exact) mass is 474 g/mol. The highest BCUT2D eigenvalue weighted by molar-refractivity contribution is 7.89. The lowest BCUT2D eigenvalue weighted by atomic mass is 10.1. The van der Waals surface area contributed by atoms with Crippen LogP contribution in [0.4, 0.5) is 11.4 Å². The minimum Gasteiger partial charge on any atom is -0.495 e. The van der Waals surface area contributed by atoms with Crippen LogP contribution < -0.4 is 15.4 Å². The summed E-state index contributed by atoms with van der Waals surface area (Å²) in [5, 5.41) is 5.67. The van der Waals surface area contributed by atoms with Gasteiger partial charge in [0.05, 0.1) is 24.6 Å². The summed E-state index contributed by atoms with van der Waals surface area (Å²) in [5.41, 5.74) is 1.59. The highest BCUT2D eigenvalue weighted by atomic mass is 32.2. The maximum atomic E-state index is 12.7. The smallest absolute Gasteiger partial charge is 0.255 e. The number of methoxy groups -OCH3 is 1. The fourth-order valence-electron chi connectivity index (χ4n) is 3.61. The van der Waals surface area contributed by atoms with Gasteiger partial charge in [0.25, 0.3) is 5.91 Å². The lowest BCUT2D eigenvalue weighted by Crippen LogP contribution is -2.54. The number of nitrogens with one attached hydrogen (secondary N) is 2. The van der Waals surface area contributed by atoms with Crippen LogP contribution in [-0.2, 0) is 14.8 Å². The molecule has 2 aromatic rings. The minimum atomic E-state index is -3.21. The third-order valence-electron chi connectivity index (χ3n) is 5.73. The molecule has 1 aliphatic rings. The van der Waals surface area contributed by atoms with E-state index < -0.39 is 16.1 Å². The molecule has 2 N–H and O–H groups in total. The fraction of sp³-hybridized carbons (Fsp3) is 0.391. The van der Waals surface area contributed by atoms with Crippen molar-refractivity contribution in [3.05, 3.63) is 54.1 Å². The van der Waals surface area contributed by atoms with Gasteiger partial charge < -0.3 is 15.4 Å². The Morgan fingerprint density at radius 1 is 1.00 bits per heavy atom. The van der Waals surface area contributed by atoms with Crippen LogP contribution >= 0.6 is 0 Å². The molecule has 1 heterocycles. The van der Waals surface area contributed by atoms with Crippen LogP contribution in [0.5, 0.6) is 5.75 Å². The van der Waals surface area contributed by atoms with Gasteiger partial charge in [0, 0.05) is 37.4 Å². The van der Waals surface area contributed by atoms with Gasteiger partial charge in [-0.3, -0.25) is 14.5 Å². The first kappa shape index (κ1) is 24.7. The Labute approximate surface area is 194 Å². The van der Waals surface area contributed by atoms with Crippen molar-refractivity contribution in [1.82, 2.24) is 9.21 Å². The molecular formula is C23H30N4O5S. The molecule has 1 saturated heterocycles. The van der Waals surface area contributed by atoms with Crippen LogP contribution in [-0.4, -0.2) is 74.5 Å². The van der Waals surface area contributed by atoms with E-state index in [-0.39, 0.29) is 17.6 Å². The van der Waals surface area contributed by atoms with Crippen molar-refractivity contribution < 1.29 is 22.7 Å². The number of hydrogen-bond donors (Lipinski definition) is 2. The first-order valence-electron chi connectivity index (χ1n) is 10.8. The van der Waals surface area contributed by atoms with Crippen molar-refractivity contribution in [1.29, 1.82) is 0 Å². The molecule has 9 nitrogen and oxygen atoms in total. The predicted octanol–water partition coefficient (Wildman–Crippen LogP) is 2.24. The molecule has 0 radical (unpaired) electrons. The number of hydrogen-bond acceptors (Lipinski definition) is 6. The Bertz CT molecular complexity index is 1080. The molecule has 2 aromatic carbocycles. The summed E-state index contributed by atoms with van der Waals surface area (Å²) < 4.78 is 30.7. The van der Waals surface area contributed by atoms with E-state index in [1.165, 1.54) is 11.4 Å².